The lowest BCUT2D eigenvalue weighted by atomic mass is 10.2. The van der Waals surface area contributed by atoms with Crippen molar-refractivity contribution >= 4 is 23.4 Å². The highest BCUT2D eigenvalue weighted by atomic mass is 35.5. The Morgan fingerprint density at radius 1 is 1.54 bits per heavy atom. The molecule has 0 aromatic heterocycles. The molecule has 1 aromatic rings. The molecule has 0 aliphatic rings. The van der Waals surface area contributed by atoms with Gasteiger partial charge in [0.05, 0.1) is 7.11 Å². The quantitative estimate of drug-likeness (QED) is 0.619. The lowest BCUT2D eigenvalue weighted by Gasteiger charge is -2.07. The summed E-state index contributed by atoms with van der Waals surface area (Å²) in [6.45, 7) is 0.674. The van der Waals surface area contributed by atoms with E-state index in [1.807, 2.05) is 24.5 Å². The van der Waals surface area contributed by atoms with E-state index in [9.17, 15) is 0 Å². The minimum absolute atomic E-state index is 0.674. The van der Waals surface area contributed by atoms with Crippen LogP contribution in [0.3, 0.4) is 0 Å². The van der Waals surface area contributed by atoms with E-state index in [1.165, 1.54) is 4.90 Å². The lowest BCUT2D eigenvalue weighted by Crippen LogP contribution is -2.11. The van der Waals surface area contributed by atoms with Crippen molar-refractivity contribution in [3.05, 3.63) is 28.8 Å². The Bertz CT molecular complexity index is 280. The third-order valence-electron chi connectivity index (χ3n) is 1.65. The van der Waals surface area contributed by atoms with Gasteiger partial charge in [0.2, 0.25) is 0 Å². The Labute approximate surface area is 87.6 Å². The first-order valence-electron chi connectivity index (χ1n) is 3.86. The fraction of sp³-hybridized carbons (Fsp3) is 0.333. The first-order chi connectivity index (χ1) is 6.27. The highest BCUT2D eigenvalue weighted by molar-refractivity contribution is 7.98. The summed E-state index contributed by atoms with van der Waals surface area (Å²) in [5, 5.41) is 0.755. The van der Waals surface area contributed by atoms with Gasteiger partial charge in [0.1, 0.15) is 0 Å². The van der Waals surface area contributed by atoms with Crippen molar-refractivity contribution in [1.29, 1.82) is 0 Å². The molecule has 0 saturated heterocycles. The molecule has 0 radical (unpaired) electrons. The summed E-state index contributed by atoms with van der Waals surface area (Å²) in [5.74, 6) is 0. The number of hydrogen-bond donors (Lipinski definition) is 1. The predicted molar refractivity (Wildman–Crippen MR) is 57.1 cm³/mol. The average Bonchev–Trinajstić information content (AvgIpc) is 2.15. The maximum absolute atomic E-state index is 5.87. The van der Waals surface area contributed by atoms with Crippen LogP contribution in [0.15, 0.2) is 23.1 Å². The summed E-state index contributed by atoms with van der Waals surface area (Å²) in [6.07, 6.45) is 2.04. The lowest BCUT2D eigenvalue weighted by molar-refractivity contribution is 0.0862. The van der Waals surface area contributed by atoms with E-state index in [0.29, 0.717) is 6.54 Å². The van der Waals surface area contributed by atoms with E-state index in [2.05, 4.69) is 5.48 Å². The molecular weight excluding hydrogens is 206 g/mol. The number of hydroxylamine groups is 1. The molecule has 0 aliphatic heterocycles. The Hall–Kier alpha value is -0.220. The fourth-order valence-electron chi connectivity index (χ4n) is 1.04. The van der Waals surface area contributed by atoms with Gasteiger partial charge in [0, 0.05) is 16.5 Å². The van der Waals surface area contributed by atoms with Gasteiger partial charge >= 0.3 is 0 Å². The van der Waals surface area contributed by atoms with Gasteiger partial charge in [0.15, 0.2) is 0 Å². The maximum Gasteiger partial charge on any atom is 0.0572 e. The molecular formula is C9H12ClNOS. The van der Waals surface area contributed by atoms with Gasteiger partial charge in [-0.2, -0.15) is 5.48 Å². The van der Waals surface area contributed by atoms with Crippen molar-refractivity contribution in [2.24, 2.45) is 0 Å². The van der Waals surface area contributed by atoms with Crippen LogP contribution < -0.4 is 5.48 Å². The largest absolute Gasteiger partial charge is 0.305 e. The molecule has 2 nitrogen and oxygen atoms in total. The van der Waals surface area contributed by atoms with E-state index in [0.717, 1.165) is 10.6 Å². The van der Waals surface area contributed by atoms with Crippen molar-refractivity contribution < 1.29 is 4.84 Å². The Balaban J connectivity index is 2.81. The highest BCUT2D eigenvalue weighted by Gasteiger charge is 2.01. The van der Waals surface area contributed by atoms with E-state index in [4.69, 9.17) is 16.4 Å². The highest BCUT2D eigenvalue weighted by Crippen LogP contribution is 2.23. The molecule has 72 valence electrons. The molecule has 0 saturated carbocycles. The van der Waals surface area contributed by atoms with Crippen molar-refractivity contribution in [2.75, 3.05) is 13.4 Å². The van der Waals surface area contributed by atoms with Crippen LogP contribution in [0, 0.1) is 0 Å². The van der Waals surface area contributed by atoms with Crippen LogP contribution in [0.2, 0.25) is 5.02 Å². The minimum atomic E-state index is 0.674. The summed E-state index contributed by atoms with van der Waals surface area (Å²) >= 11 is 7.58. The van der Waals surface area contributed by atoms with Crippen LogP contribution in [0.25, 0.3) is 0 Å². The second kappa shape index (κ2) is 5.50. The average molecular weight is 218 g/mol. The summed E-state index contributed by atoms with van der Waals surface area (Å²) in [6, 6.07) is 5.85. The zero-order valence-electron chi connectivity index (χ0n) is 7.63. The van der Waals surface area contributed by atoms with Crippen LogP contribution in [-0.4, -0.2) is 13.4 Å². The Kier molecular flexibility index (Phi) is 4.59. The first-order valence-corrected chi connectivity index (χ1v) is 5.46. The zero-order valence-corrected chi connectivity index (χ0v) is 9.21. The van der Waals surface area contributed by atoms with Crippen molar-refractivity contribution in [3.63, 3.8) is 0 Å². The van der Waals surface area contributed by atoms with E-state index in [-0.39, 0.29) is 0 Å². The van der Waals surface area contributed by atoms with Crippen LogP contribution in [0.1, 0.15) is 5.56 Å². The van der Waals surface area contributed by atoms with Crippen molar-refractivity contribution in [1.82, 2.24) is 5.48 Å². The third kappa shape index (κ3) is 3.19. The number of benzene rings is 1. The van der Waals surface area contributed by atoms with E-state index >= 15 is 0 Å². The van der Waals surface area contributed by atoms with Gasteiger partial charge in [-0.05, 0) is 30.0 Å². The van der Waals surface area contributed by atoms with Gasteiger partial charge in [0.25, 0.3) is 0 Å². The SMILES string of the molecule is CONCc1cc(Cl)ccc1SC. The van der Waals surface area contributed by atoms with Crippen molar-refractivity contribution in [2.45, 2.75) is 11.4 Å². The third-order valence-corrected chi connectivity index (χ3v) is 2.72. The van der Waals surface area contributed by atoms with E-state index < -0.39 is 0 Å². The van der Waals surface area contributed by atoms with Crippen molar-refractivity contribution in [3.8, 4) is 0 Å². The molecule has 0 amide bonds. The standard InChI is InChI=1S/C9H12ClNOS/c1-12-11-6-7-5-8(10)3-4-9(7)13-2/h3-5,11H,6H2,1-2H3. The predicted octanol–water partition coefficient (Wildman–Crippen LogP) is 2.71. The first kappa shape index (κ1) is 10.9. The summed E-state index contributed by atoms with van der Waals surface area (Å²) in [5.41, 5.74) is 3.95. The normalized spacial score (nSPS) is 10.4. The molecule has 1 aromatic carbocycles. The van der Waals surface area contributed by atoms with Gasteiger partial charge < -0.3 is 4.84 Å². The number of nitrogens with one attached hydrogen (secondary N) is 1. The summed E-state index contributed by atoms with van der Waals surface area (Å²) < 4.78 is 0. The molecule has 0 atom stereocenters. The number of thioether (sulfide) groups is 1. The molecule has 4 heteroatoms. The van der Waals surface area contributed by atoms with Crippen LogP contribution >= 0.6 is 23.4 Å². The monoisotopic (exact) mass is 217 g/mol. The minimum Gasteiger partial charge on any atom is -0.305 e. The van der Waals surface area contributed by atoms with Crippen LogP contribution in [0.4, 0.5) is 0 Å². The van der Waals surface area contributed by atoms with Crippen LogP contribution in [0.5, 0.6) is 0 Å². The fourth-order valence-corrected chi connectivity index (χ4v) is 1.83. The Morgan fingerprint density at radius 3 is 2.92 bits per heavy atom. The molecule has 0 aliphatic carbocycles. The number of rotatable bonds is 4. The topological polar surface area (TPSA) is 21.3 Å². The van der Waals surface area contributed by atoms with Gasteiger partial charge in [-0.1, -0.05) is 11.6 Å². The molecule has 0 unspecified atom stereocenters. The number of hydrogen-bond acceptors (Lipinski definition) is 3. The Morgan fingerprint density at radius 2 is 2.31 bits per heavy atom. The summed E-state index contributed by atoms with van der Waals surface area (Å²) in [4.78, 5) is 6.00. The molecule has 13 heavy (non-hydrogen) atoms. The van der Waals surface area contributed by atoms with Gasteiger partial charge in [-0.15, -0.1) is 11.8 Å². The molecule has 0 fully saturated rings. The maximum atomic E-state index is 5.87. The second-order valence-electron chi connectivity index (χ2n) is 2.48. The molecule has 0 heterocycles. The molecule has 1 N–H and O–H groups in total. The smallest absolute Gasteiger partial charge is 0.0572 e. The second-order valence-corrected chi connectivity index (χ2v) is 3.77. The summed E-state index contributed by atoms with van der Waals surface area (Å²) in [7, 11) is 1.60. The van der Waals surface area contributed by atoms with Gasteiger partial charge in [-0.3, -0.25) is 0 Å². The van der Waals surface area contributed by atoms with Crippen LogP contribution in [-0.2, 0) is 11.4 Å². The molecule has 1 rings (SSSR count). The molecule has 0 spiro atoms. The number of halogens is 1. The van der Waals surface area contributed by atoms with E-state index in [1.54, 1.807) is 18.9 Å². The zero-order chi connectivity index (χ0) is 9.68. The van der Waals surface area contributed by atoms with Gasteiger partial charge in [-0.25, -0.2) is 0 Å². The molecule has 0 bridgehead atoms.